The molecule has 1 fully saturated rings. The molecule has 0 atom stereocenters. The van der Waals surface area contributed by atoms with Gasteiger partial charge in [-0.1, -0.05) is 0 Å². The van der Waals surface area contributed by atoms with Gasteiger partial charge in [0.05, 0.1) is 0 Å². The molecule has 0 aromatic rings. The second-order valence-corrected chi connectivity index (χ2v) is 4.19. The van der Waals surface area contributed by atoms with Crippen molar-refractivity contribution in [1.82, 2.24) is 5.32 Å². The van der Waals surface area contributed by atoms with E-state index in [1.165, 1.54) is 0 Å². The van der Waals surface area contributed by atoms with E-state index in [2.05, 4.69) is 17.5 Å². The summed E-state index contributed by atoms with van der Waals surface area (Å²) in [6, 6.07) is 0. The molecule has 5 heteroatoms. The third-order valence-corrected chi connectivity index (χ3v) is 2.50. The standard InChI is InChI=1S/C3HNO2SSe/c5-1-2(6)8-3(7)4-1/h(H,4,5,7). The summed E-state index contributed by atoms with van der Waals surface area (Å²) in [7, 11) is 0. The van der Waals surface area contributed by atoms with E-state index in [1.807, 2.05) is 0 Å². The van der Waals surface area contributed by atoms with Crippen molar-refractivity contribution in [3.05, 3.63) is 0 Å². The fourth-order valence-corrected chi connectivity index (χ4v) is 1.74. The van der Waals surface area contributed by atoms with Crippen LogP contribution in [0.2, 0.25) is 0 Å². The van der Waals surface area contributed by atoms with Crippen molar-refractivity contribution in [2.75, 3.05) is 0 Å². The van der Waals surface area contributed by atoms with Gasteiger partial charge in [0.15, 0.2) is 0 Å². The molecule has 0 spiro atoms. The van der Waals surface area contributed by atoms with E-state index in [9.17, 15) is 9.59 Å². The van der Waals surface area contributed by atoms with E-state index >= 15 is 0 Å². The SMILES string of the molecule is O=C1NC(=S)[Se]C1=O. The van der Waals surface area contributed by atoms with Gasteiger partial charge in [0.2, 0.25) is 0 Å². The summed E-state index contributed by atoms with van der Waals surface area (Å²) >= 11 is 4.14. The molecular weight excluding hydrogens is 193 g/mol. The van der Waals surface area contributed by atoms with Gasteiger partial charge in [0, 0.05) is 0 Å². The van der Waals surface area contributed by atoms with Gasteiger partial charge in [-0.25, -0.2) is 0 Å². The molecule has 1 saturated heterocycles. The summed E-state index contributed by atoms with van der Waals surface area (Å²) in [5, 5.41) is 2.24. The Hall–Kier alpha value is -0.251. The van der Waals surface area contributed by atoms with E-state index in [1.54, 1.807) is 0 Å². The van der Waals surface area contributed by atoms with Gasteiger partial charge >= 0.3 is 56.6 Å². The van der Waals surface area contributed by atoms with E-state index < -0.39 is 20.9 Å². The first-order valence-electron chi connectivity index (χ1n) is 1.77. The minimum atomic E-state index is -0.546. The van der Waals surface area contributed by atoms with Crippen molar-refractivity contribution in [2.24, 2.45) is 0 Å². The normalized spacial score (nSPS) is 19.2. The quantitative estimate of drug-likeness (QED) is 0.294. The Kier molecular flexibility index (Phi) is 1.42. The van der Waals surface area contributed by atoms with Crippen LogP contribution in [0.25, 0.3) is 0 Å². The maximum absolute atomic E-state index is 10.3. The number of hydrogen-bond acceptors (Lipinski definition) is 3. The van der Waals surface area contributed by atoms with Crippen LogP contribution in [0.3, 0.4) is 0 Å². The summed E-state index contributed by atoms with van der Waals surface area (Å²) in [4.78, 5) is 20.6. The Labute approximate surface area is 57.0 Å². The van der Waals surface area contributed by atoms with Crippen molar-refractivity contribution in [1.29, 1.82) is 0 Å². The molecule has 1 amide bonds. The number of nitrogens with one attached hydrogen (secondary N) is 1. The van der Waals surface area contributed by atoms with Gasteiger partial charge in [0.1, 0.15) is 0 Å². The number of carbonyl (C=O) groups excluding carboxylic acids is 2. The molecule has 0 bridgehead atoms. The monoisotopic (exact) mass is 195 g/mol. The third-order valence-electron chi connectivity index (χ3n) is 0.586. The van der Waals surface area contributed by atoms with Crippen LogP contribution in [-0.2, 0) is 9.59 Å². The Morgan fingerprint density at radius 1 is 1.50 bits per heavy atom. The molecule has 0 aromatic carbocycles. The van der Waals surface area contributed by atoms with E-state index in [0.717, 1.165) is 0 Å². The average molecular weight is 194 g/mol. The molecule has 0 unspecified atom stereocenters. The zero-order valence-corrected chi connectivity index (χ0v) is 6.16. The zero-order valence-electron chi connectivity index (χ0n) is 3.63. The molecule has 0 radical (unpaired) electrons. The van der Waals surface area contributed by atoms with Crippen LogP contribution >= 0.6 is 12.2 Å². The summed E-state index contributed by atoms with van der Waals surface area (Å²) in [5.74, 6) is -0.546. The molecule has 1 aliphatic rings. The molecule has 3 nitrogen and oxygen atoms in total. The second kappa shape index (κ2) is 1.93. The Morgan fingerprint density at radius 3 is 2.25 bits per heavy atom. The molecule has 1 heterocycles. The first-order chi connectivity index (χ1) is 3.70. The second-order valence-electron chi connectivity index (χ2n) is 1.13. The van der Waals surface area contributed by atoms with Crippen LogP contribution in [0.15, 0.2) is 0 Å². The minimum absolute atomic E-state index is 0.373. The van der Waals surface area contributed by atoms with Crippen LogP contribution in [0.4, 0.5) is 0 Å². The molecule has 1 N–H and O–H groups in total. The molecule has 1 rings (SSSR count). The topological polar surface area (TPSA) is 46.2 Å². The first kappa shape index (κ1) is 5.88. The van der Waals surface area contributed by atoms with Gasteiger partial charge in [0.25, 0.3) is 0 Å². The van der Waals surface area contributed by atoms with Crippen LogP contribution in [0.1, 0.15) is 0 Å². The van der Waals surface area contributed by atoms with Gasteiger partial charge in [-0.2, -0.15) is 0 Å². The maximum atomic E-state index is 10.3. The van der Waals surface area contributed by atoms with Crippen LogP contribution in [0, 0.1) is 0 Å². The number of amides is 1. The molecule has 0 aliphatic carbocycles. The molecule has 42 valence electrons. The predicted octanol–water partition coefficient (Wildman–Crippen LogP) is -1.37. The third kappa shape index (κ3) is 0.939. The number of thiocarbonyl (C=S) groups is 1. The Balaban J connectivity index is 2.79. The van der Waals surface area contributed by atoms with Crippen LogP contribution in [-0.4, -0.2) is 29.4 Å². The van der Waals surface area contributed by atoms with E-state index in [0.29, 0.717) is 3.89 Å². The summed E-state index contributed by atoms with van der Waals surface area (Å²) < 4.78 is 0.0231. The van der Waals surface area contributed by atoms with Crippen molar-refractivity contribution in [3.8, 4) is 0 Å². The fraction of sp³-hybridized carbons (Fsp3) is 0. The van der Waals surface area contributed by atoms with Crippen molar-refractivity contribution >= 4 is 41.7 Å². The van der Waals surface area contributed by atoms with Crippen LogP contribution < -0.4 is 5.32 Å². The molecule has 0 saturated carbocycles. The summed E-state index contributed by atoms with van der Waals surface area (Å²) in [6.45, 7) is 0. The van der Waals surface area contributed by atoms with Gasteiger partial charge in [-0.3, -0.25) is 0 Å². The number of hydrogen-bond donors (Lipinski definition) is 1. The average Bonchev–Trinajstić information content (AvgIpc) is 1.85. The molecule has 1 aliphatic heterocycles. The molecule has 0 aromatic heterocycles. The Morgan fingerprint density at radius 2 is 2.12 bits per heavy atom. The van der Waals surface area contributed by atoms with Crippen molar-refractivity contribution in [2.45, 2.75) is 0 Å². The van der Waals surface area contributed by atoms with Gasteiger partial charge < -0.3 is 0 Å². The zero-order chi connectivity index (χ0) is 6.15. The predicted molar refractivity (Wildman–Crippen MR) is 31.5 cm³/mol. The number of rotatable bonds is 0. The summed E-state index contributed by atoms with van der Waals surface area (Å²) in [5.41, 5.74) is 0. The summed E-state index contributed by atoms with van der Waals surface area (Å²) in [6.07, 6.45) is 0. The van der Waals surface area contributed by atoms with Crippen LogP contribution in [0.5, 0.6) is 0 Å². The first-order valence-corrected chi connectivity index (χ1v) is 3.89. The Bertz CT molecular complexity index is 160. The number of carbonyl (C=O) groups is 2. The molecule has 8 heavy (non-hydrogen) atoms. The fourth-order valence-electron chi connectivity index (χ4n) is 0.300. The van der Waals surface area contributed by atoms with Gasteiger partial charge in [-0.15, -0.1) is 0 Å². The van der Waals surface area contributed by atoms with E-state index in [-0.39, 0.29) is 4.68 Å². The molecular formula is C3HNO2SSe. The van der Waals surface area contributed by atoms with E-state index in [4.69, 9.17) is 0 Å². The van der Waals surface area contributed by atoms with Crippen molar-refractivity contribution in [3.63, 3.8) is 0 Å². The van der Waals surface area contributed by atoms with Crippen molar-refractivity contribution < 1.29 is 9.59 Å². The van der Waals surface area contributed by atoms with Gasteiger partial charge in [-0.05, 0) is 0 Å².